The Bertz CT molecular complexity index is 340. The van der Waals surface area contributed by atoms with Crippen LogP contribution in [0.2, 0.25) is 10.6 Å². The summed E-state index contributed by atoms with van der Waals surface area (Å²) in [6.45, 7) is 5.99. The fourth-order valence-corrected chi connectivity index (χ4v) is 1.64. The van der Waals surface area contributed by atoms with Crippen molar-refractivity contribution in [2.75, 3.05) is 25.5 Å². The maximum atomic E-state index is 5.67. The highest BCUT2D eigenvalue weighted by atomic mass is 35.5. The minimum Gasteiger partial charge on any atom is -0.353 e. The molecular weight excluding hydrogens is 261 g/mol. The van der Waals surface area contributed by atoms with Crippen LogP contribution < -0.4 is 5.32 Å². The molecule has 0 bridgehead atoms. The normalized spacial score (nSPS) is 12.8. The van der Waals surface area contributed by atoms with Crippen LogP contribution in [0.15, 0.2) is 0 Å². The number of nitrogens with zero attached hydrogens (tertiary/aromatic N) is 4. The van der Waals surface area contributed by atoms with Crippen LogP contribution in [0.5, 0.6) is 0 Å². The van der Waals surface area contributed by atoms with Gasteiger partial charge in [0.25, 0.3) is 0 Å². The number of halogens is 2. The zero-order valence-electron chi connectivity index (χ0n) is 10.2. The first-order valence-corrected chi connectivity index (χ1v) is 6.29. The molecule has 96 valence electrons. The lowest BCUT2D eigenvalue weighted by molar-refractivity contribution is 0.261. The molecule has 0 saturated heterocycles. The van der Waals surface area contributed by atoms with Gasteiger partial charge in [0.1, 0.15) is 0 Å². The highest BCUT2D eigenvalue weighted by Gasteiger charge is 2.07. The molecule has 1 heterocycles. The van der Waals surface area contributed by atoms with Crippen molar-refractivity contribution in [1.82, 2.24) is 19.9 Å². The smallest absolute Gasteiger partial charge is 0.228 e. The highest BCUT2D eigenvalue weighted by molar-refractivity contribution is 6.31. The first-order valence-electron chi connectivity index (χ1n) is 5.54. The molecule has 1 atom stereocenters. The summed E-state index contributed by atoms with van der Waals surface area (Å²) in [7, 11) is 2.09. The van der Waals surface area contributed by atoms with Gasteiger partial charge in [-0.1, -0.05) is 6.92 Å². The Morgan fingerprint density at radius 3 is 2.35 bits per heavy atom. The number of hydrogen-bond acceptors (Lipinski definition) is 5. The molecule has 1 rings (SSSR count). The molecule has 1 N–H and O–H groups in total. The Labute approximate surface area is 112 Å². The van der Waals surface area contributed by atoms with Gasteiger partial charge in [-0.3, -0.25) is 0 Å². The van der Waals surface area contributed by atoms with Gasteiger partial charge in [0, 0.05) is 19.1 Å². The van der Waals surface area contributed by atoms with Crippen molar-refractivity contribution in [3.63, 3.8) is 0 Å². The van der Waals surface area contributed by atoms with E-state index in [-0.39, 0.29) is 10.6 Å². The minimum atomic E-state index is 0.0998. The molecule has 1 aromatic heterocycles. The second kappa shape index (κ2) is 6.93. The fourth-order valence-electron chi connectivity index (χ4n) is 1.28. The predicted molar refractivity (Wildman–Crippen MR) is 70.7 cm³/mol. The molecular formula is C10H17Cl2N5. The van der Waals surface area contributed by atoms with E-state index in [1.807, 2.05) is 0 Å². The average molecular weight is 278 g/mol. The standard InChI is InChI=1S/C10H17Cl2N5/c1-4-7(2)17(3)6-5-13-10-15-8(11)14-9(12)16-10/h7H,4-6H2,1-3H3,(H,13,14,15,16). The predicted octanol–water partition coefficient (Wildman–Crippen LogP) is 2.32. The van der Waals surface area contributed by atoms with Crippen molar-refractivity contribution in [3.8, 4) is 0 Å². The maximum absolute atomic E-state index is 5.67. The van der Waals surface area contributed by atoms with E-state index in [4.69, 9.17) is 23.2 Å². The molecule has 0 aliphatic rings. The second-order valence-electron chi connectivity index (χ2n) is 3.86. The van der Waals surface area contributed by atoms with Crippen molar-refractivity contribution in [3.05, 3.63) is 10.6 Å². The number of rotatable bonds is 6. The molecule has 0 spiro atoms. The number of nitrogens with one attached hydrogen (secondary N) is 1. The first kappa shape index (κ1) is 14.4. The lowest BCUT2D eigenvalue weighted by atomic mass is 10.2. The van der Waals surface area contributed by atoms with Gasteiger partial charge in [-0.05, 0) is 43.6 Å². The summed E-state index contributed by atoms with van der Waals surface area (Å²) in [5.74, 6) is 0.410. The van der Waals surface area contributed by atoms with Crippen molar-refractivity contribution >= 4 is 29.2 Å². The van der Waals surface area contributed by atoms with Crippen molar-refractivity contribution < 1.29 is 0 Å². The molecule has 17 heavy (non-hydrogen) atoms. The summed E-state index contributed by atoms with van der Waals surface area (Å²) in [5.41, 5.74) is 0. The Morgan fingerprint density at radius 1 is 1.24 bits per heavy atom. The van der Waals surface area contributed by atoms with Gasteiger partial charge >= 0.3 is 0 Å². The number of hydrogen-bond donors (Lipinski definition) is 1. The minimum absolute atomic E-state index is 0.0998. The Kier molecular flexibility index (Phi) is 5.88. The van der Waals surface area contributed by atoms with Gasteiger partial charge in [-0.2, -0.15) is 15.0 Å². The molecule has 7 heteroatoms. The molecule has 0 aromatic carbocycles. The first-order chi connectivity index (χ1) is 8.02. The molecule has 5 nitrogen and oxygen atoms in total. The zero-order valence-corrected chi connectivity index (χ0v) is 11.8. The second-order valence-corrected chi connectivity index (χ2v) is 4.54. The van der Waals surface area contributed by atoms with Gasteiger partial charge < -0.3 is 10.2 Å². The molecule has 0 saturated carbocycles. The quantitative estimate of drug-likeness (QED) is 0.865. The summed E-state index contributed by atoms with van der Waals surface area (Å²) in [6, 6.07) is 0.558. The van der Waals surface area contributed by atoms with Crippen LogP contribution in [0.3, 0.4) is 0 Å². The third kappa shape index (κ3) is 5.02. The lowest BCUT2D eigenvalue weighted by Gasteiger charge is -2.23. The van der Waals surface area contributed by atoms with Gasteiger partial charge in [-0.25, -0.2) is 0 Å². The van der Waals surface area contributed by atoms with Crippen LogP contribution >= 0.6 is 23.2 Å². The van der Waals surface area contributed by atoms with E-state index >= 15 is 0 Å². The molecule has 1 unspecified atom stereocenters. The molecule has 0 fully saturated rings. The van der Waals surface area contributed by atoms with E-state index in [1.165, 1.54) is 0 Å². The fraction of sp³-hybridized carbons (Fsp3) is 0.700. The third-order valence-corrected chi connectivity index (χ3v) is 3.01. The van der Waals surface area contributed by atoms with Gasteiger partial charge in [0.2, 0.25) is 16.5 Å². The van der Waals surface area contributed by atoms with Crippen LogP contribution in [-0.4, -0.2) is 46.0 Å². The van der Waals surface area contributed by atoms with Crippen molar-refractivity contribution in [2.24, 2.45) is 0 Å². The van der Waals surface area contributed by atoms with Crippen LogP contribution in [-0.2, 0) is 0 Å². The molecule has 0 radical (unpaired) electrons. The van der Waals surface area contributed by atoms with Crippen LogP contribution in [0.25, 0.3) is 0 Å². The van der Waals surface area contributed by atoms with Crippen molar-refractivity contribution in [1.29, 1.82) is 0 Å². The SMILES string of the molecule is CCC(C)N(C)CCNc1nc(Cl)nc(Cl)n1. The number of aromatic nitrogens is 3. The molecule has 0 aliphatic carbocycles. The summed E-state index contributed by atoms with van der Waals surface area (Å²) in [5, 5.41) is 3.26. The molecule has 1 aromatic rings. The topological polar surface area (TPSA) is 53.9 Å². The van der Waals surface area contributed by atoms with Gasteiger partial charge in [0.05, 0.1) is 0 Å². The zero-order chi connectivity index (χ0) is 12.8. The monoisotopic (exact) mass is 277 g/mol. The summed E-state index contributed by atoms with van der Waals surface area (Å²) >= 11 is 11.3. The molecule has 0 aliphatic heterocycles. The van der Waals surface area contributed by atoms with Crippen LogP contribution in [0.4, 0.5) is 5.95 Å². The van der Waals surface area contributed by atoms with E-state index in [1.54, 1.807) is 0 Å². The Hall–Kier alpha value is -0.650. The van der Waals surface area contributed by atoms with Crippen LogP contribution in [0, 0.1) is 0 Å². The highest BCUT2D eigenvalue weighted by Crippen LogP contribution is 2.09. The van der Waals surface area contributed by atoms with E-state index in [0.29, 0.717) is 12.0 Å². The summed E-state index contributed by atoms with van der Waals surface area (Å²) < 4.78 is 0. The van der Waals surface area contributed by atoms with Gasteiger partial charge in [0.15, 0.2) is 0 Å². The van der Waals surface area contributed by atoms with Crippen LogP contribution in [0.1, 0.15) is 20.3 Å². The summed E-state index contributed by atoms with van der Waals surface area (Å²) in [6.07, 6.45) is 1.12. The van der Waals surface area contributed by atoms with E-state index in [9.17, 15) is 0 Å². The summed E-state index contributed by atoms with van der Waals surface area (Å²) in [4.78, 5) is 13.8. The maximum Gasteiger partial charge on any atom is 0.228 e. The number of likely N-dealkylation sites (N-methyl/N-ethyl adjacent to an activating group) is 1. The van der Waals surface area contributed by atoms with E-state index < -0.39 is 0 Å². The average Bonchev–Trinajstić information content (AvgIpc) is 2.26. The number of anilines is 1. The Morgan fingerprint density at radius 2 is 1.82 bits per heavy atom. The molecule has 0 amide bonds. The van der Waals surface area contributed by atoms with E-state index in [0.717, 1.165) is 19.5 Å². The Balaban J connectivity index is 2.40. The van der Waals surface area contributed by atoms with E-state index in [2.05, 4.69) is 46.1 Å². The lowest BCUT2D eigenvalue weighted by Crippen LogP contribution is -2.32. The third-order valence-electron chi connectivity index (χ3n) is 2.67. The van der Waals surface area contributed by atoms with Crippen molar-refractivity contribution in [2.45, 2.75) is 26.3 Å². The van der Waals surface area contributed by atoms with Gasteiger partial charge in [-0.15, -0.1) is 0 Å². The largest absolute Gasteiger partial charge is 0.353 e.